The van der Waals surface area contributed by atoms with Crippen LogP contribution < -0.4 is 14.8 Å². The zero-order chi connectivity index (χ0) is 14.5. The molecule has 0 spiro atoms. The number of nitrogens with one attached hydrogen (secondary N) is 1. The van der Waals surface area contributed by atoms with Gasteiger partial charge in [0.15, 0.2) is 11.5 Å². The number of carbonyl (C=O) groups is 1. The molecule has 0 bridgehead atoms. The first kappa shape index (κ1) is 14.7. The topological polar surface area (TPSA) is 47.6 Å². The fourth-order valence-corrected chi connectivity index (χ4v) is 2.46. The Hall–Kier alpha value is -1.68. The molecule has 0 aromatic heterocycles. The normalized spacial score (nSPS) is 17.1. The standard InChI is InChI=1S/C15H18ClNO3/c1-19-13-8-11(16)12(9-14(13)20-2)17-15(18)7-10-5-3-4-6-10/h3,5,8-10H,4,6-7H2,1-2H3,(H,17,18)/t10-/m1/s1. The van der Waals surface area contributed by atoms with Crippen molar-refractivity contribution in [3.63, 3.8) is 0 Å². The summed E-state index contributed by atoms with van der Waals surface area (Å²) in [7, 11) is 3.08. The van der Waals surface area contributed by atoms with Crippen LogP contribution in [-0.2, 0) is 4.79 Å². The molecule has 0 heterocycles. The lowest BCUT2D eigenvalue weighted by Crippen LogP contribution is -2.15. The highest BCUT2D eigenvalue weighted by atomic mass is 35.5. The fraction of sp³-hybridized carbons (Fsp3) is 0.400. The largest absolute Gasteiger partial charge is 0.493 e. The first-order valence-corrected chi connectivity index (χ1v) is 6.90. The summed E-state index contributed by atoms with van der Waals surface area (Å²) < 4.78 is 10.4. The molecule has 20 heavy (non-hydrogen) atoms. The van der Waals surface area contributed by atoms with Crippen molar-refractivity contribution in [1.29, 1.82) is 0 Å². The second kappa shape index (κ2) is 6.66. The molecule has 0 aliphatic heterocycles. The molecule has 108 valence electrons. The number of ether oxygens (including phenoxy) is 2. The minimum atomic E-state index is -0.0457. The van der Waals surface area contributed by atoms with Crippen molar-refractivity contribution >= 4 is 23.2 Å². The molecule has 1 aliphatic rings. The minimum absolute atomic E-state index is 0.0457. The fourth-order valence-electron chi connectivity index (χ4n) is 2.25. The van der Waals surface area contributed by atoms with Gasteiger partial charge >= 0.3 is 0 Å². The Morgan fingerprint density at radius 3 is 2.65 bits per heavy atom. The monoisotopic (exact) mass is 295 g/mol. The number of hydrogen-bond acceptors (Lipinski definition) is 3. The van der Waals surface area contributed by atoms with Gasteiger partial charge in [0.2, 0.25) is 5.91 Å². The molecule has 0 saturated carbocycles. The van der Waals surface area contributed by atoms with Crippen LogP contribution in [-0.4, -0.2) is 20.1 Å². The van der Waals surface area contributed by atoms with Crippen LogP contribution >= 0.6 is 11.6 Å². The van der Waals surface area contributed by atoms with E-state index in [1.54, 1.807) is 26.4 Å². The van der Waals surface area contributed by atoms with E-state index in [4.69, 9.17) is 21.1 Å². The molecule has 0 fully saturated rings. The van der Waals surface area contributed by atoms with E-state index in [1.165, 1.54) is 0 Å². The summed E-state index contributed by atoms with van der Waals surface area (Å²) in [5.74, 6) is 1.35. The summed E-state index contributed by atoms with van der Waals surface area (Å²) in [6.45, 7) is 0. The SMILES string of the molecule is COc1cc(Cl)c(NC(=O)C[C@@H]2C=CCC2)cc1OC. The van der Waals surface area contributed by atoms with Gasteiger partial charge in [-0.25, -0.2) is 0 Å². The van der Waals surface area contributed by atoms with Gasteiger partial charge in [-0.2, -0.15) is 0 Å². The van der Waals surface area contributed by atoms with Crippen LogP contribution in [0.25, 0.3) is 0 Å². The van der Waals surface area contributed by atoms with Crippen molar-refractivity contribution in [2.45, 2.75) is 19.3 Å². The van der Waals surface area contributed by atoms with Gasteiger partial charge in [0.05, 0.1) is 24.9 Å². The Bertz CT molecular complexity index is 528. The number of rotatable bonds is 5. The van der Waals surface area contributed by atoms with Crippen LogP contribution in [0.15, 0.2) is 24.3 Å². The molecule has 4 nitrogen and oxygen atoms in total. The molecule has 1 N–H and O–H groups in total. The zero-order valence-corrected chi connectivity index (χ0v) is 12.4. The van der Waals surface area contributed by atoms with E-state index in [0.29, 0.717) is 34.5 Å². The predicted molar refractivity (Wildman–Crippen MR) is 79.7 cm³/mol. The third-order valence-electron chi connectivity index (χ3n) is 3.31. The van der Waals surface area contributed by atoms with Crippen molar-refractivity contribution in [2.24, 2.45) is 5.92 Å². The lowest BCUT2D eigenvalue weighted by atomic mass is 10.1. The molecule has 0 unspecified atom stereocenters. The number of anilines is 1. The summed E-state index contributed by atoms with van der Waals surface area (Å²) in [5, 5.41) is 3.25. The summed E-state index contributed by atoms with van der Waals surface area (Å²) in [6.07, 6.45) is 6.76. The summed E-state index contributed by atoms with van der Waals surface area (Å²) in [5.41, 5.74) is 0.538. The molecule has 0 saturated heterocycles. The van der Waals surface area contributed by atoms with E-state index in [2.05, 4.69) is 17.5 Å². The summed E-state index contributed by atoms with van der Waals surface area (Å²) in [6, 6.07) is 3.30. The number of benzene rings is 1. The van der Waals surface area contributed by atoms with Crippen molar-refractivity contribution in [1.82, 2.24) is 0 Å². The number of hydrogen-bond donors (Lipinski definition) is 1. The first-order valence-electron chi connectivity index (χ1n) is 6.52. The Kier molecular flexibility index (Phi) is 4.90. The molecule has 1 aromatic rings. The van der Waals surface area contributed by atoms with E-state index in [0.717, 1.165) is 12.8 Å². The highest BCUT2D eigenvalue weighted by Crippen LogP contribution is 2.36. The first-order chi connectivity index (χ1) is 9.63. The van der Waals surface area contributed by atoms with Gasteiger partial charge in [-0.15, -0.1) is 0 Å². The van der Waals surface area contributed by atoms with Gasteiger partial charge in [0.1, 0.15) is 0 Å². The van der Waals surface area contributed by atoms with Gasteiger partial charge in [-0.1, -0.05) is 23.8 Å². The van der Waals surface area contributed by atoms with Crippen LogP contribution in [0.2, 0.25) is 5.02 Å². The second-order valence-electron chi connectivity index (χ2n) is 4.70. The number of allylic oxidation sites excluding steroid dienone is 2. The molecule has 1 aliphatic carbocycles. The maximum Gasteiger partial charge on any atom is 0.225 e. The molecule has 5 heteroatoms. The van der Waals surface area contributed by atoms with Crippen LogP contribution in [0.5, 0.6) is 11.5 Å². The van der Waals surface area contributed by atoms with Crippen molar-refractivity contribution in [3.8, 4) is 11.5 Å². The van der Waals surface area contributed by atoms with Crippen LogP contribution in [0.3, 0.4) is 0 Å². The van der Waals surface area contributed by atoms with Crippen molar-refractivity contribution in [2.75, 3.05) is 19.5 Å². The molecular weight excluding hydrogens is 278 g/mol. The summed E-state index contributed by atoms with van der Waals surface area (Å²) in [4.78, 5) is 12.0. The third-order valence-corrected chi connectivity index (χ3v) is 3.62. The molecular formula is C15H18ClNO3. The Morgan fingerprint density at radius 2 is 2.05 bits per heavy atom. The Balaban J connectivity index is 2.08. The number of amides is 1. The minimum Gasteiger partial charge on any atom is -0.493 e. The van der Waals surface area contributed by atoms with Crippen molar-refractivity contribution in [3.05, 3.63) is 29.3 Å². The molecule has 0 radical (unpaired) electrons. The van der Waals surface area contributed by atoms with E-state index < -0.39 is 0 Å². The quantitative estimate of drug-likeness (QED) is 0.844. The lowest BCUT2D eigenvalue weighted by Gasteiger charge is -2.13. The Labute approximate surface area is 123 Å². The second-order valence-corrected chi connectivity index (χ2v) is 5.11. The average Bonchev–Trinajstić information content (AvgIpc) is 2.93. The van der Waals surface area contributed by atoms with Gasteiger partial charge in [0, 0.05) is 18.6 Å². The molecule has 1 atom stereocenters. The van der Waals surface area contributed by atoms with E-state index in [-0.39, 0.29) is 5.91 Å². The van der Waals surface area contributed by atoms with Gasteiger partial charge in [-0.3, -0.25) is 4.79 Å². The van der Waals surface area contributed by atoms with Crippen molar-refractivity contribution < 1.29 is 14.3 Å². The van der Waals surface area contributed by atoms with Gasteiger partial charge in [0.25, 0.3) is 0 Å². The number of halogens is 1. The number of methoxy groups -OCH3 is 2. The summed E-state index contributed by atoms with van der Waals surface area (Å²) >= 11 is 6.13. The van der Waals surface area contributed by atoms with Crippen LogP contribution in [0.1, 0.15) is 19.3 Å². The molecule has 1 aromatic carbocycles. The highest BCUT2D eigenvalue weighted by Gasteiger charge is 2.16. The Morgan fingerprint density at radius 1 is 1.35 bits per heavy atom. The van der Waals surface area contributed by atoms with E-state index >= 15 is 0 Å². The van der Waals surface area contributed by atoms with E-state index in [1.807, 2.05) is 0 Å². The van der Waals surface area contributed by atoms with Crippen LogP contribution in [0, 0.1) is 5.92 Å². The average molecular weight is 296 g/mol. The smallest absolute Gasteiger partial charge is 0.225 e. The maximum atomic E-state index is 12.0. The third kappa shape index (κ3) is 3.45. The lowest BCUT2D eigenvalue weighted by molar-refractivity contribution is -0.116. The highest BCUT2D eigenvalue weighted by molar-refractivity contribution is 6.34. The molecule has 1 amide bonds. The zero-order valence-electron chi connectivity index (χ0n) is 11.6. The predicted octanol–water partition coefficient (Wildman–Crippen LogP) is 3.65. The van der Waals surface area contributed by atoms with E-state index in [9.17, 15) is 4.79 Å². The molecule has 2 rings (SSSR count). The van der Waals surface area contributed by atoms with Gasteiger partial charge < -0.3 is 14.8 Å². The number of carbonyl (C=O) groups excluding carboxylic acids is 1. The van der Waals surface area contributed by atoms with Gasteiger partial charge in [-0.05, 0) is 18.8 Å². The van der Waals surface area contributed by atoms with Crippen LogP contribution in [0.4, 0.5) is 5.69 Å². The maximum absolute atomic E-state index is 12.0.